The number of ether oxygens (including phenoxy) is 2. The van der Waals surface area contributed by atoms with Gasteiger partial charge in [-0.05, 0) is 53.4 Å². The summed E-state index contributed by atoms with van der Waals surface area (Å²) in [4.78, 5) is 0. The molecule has 20 heavy (non-hydrogen) atoms. The zero-order valence-electron chi connectivity index (χ0n) is 13.4. The Hall–Kier alpha value is -0.290. The molecule has 0 radical (unpaired) electrons. The van der Waals surface area contributed by atoms with E-state index in [0.29, 0.717) is 6.61 Å². The molecular formula is C15H29F3O2. The van der Waals surface area contributed by atoms with Crippen molar-refractivity contribution in [1.29, 1.82) is 0 Å². The lowest BCUT2D eigenvalue weighted by atomic mass is 10.0. The molecule has 0 heterocycles. The topological polar surface area (TPSA) is 18.5 Å². The Labute approximate surface area is 121 Å². The molecule has 0 atom stereocenters. The first-order valence-corrected chi connectivity index (χ1v) is 7.32. The van der Waals surface area contributed by atoms with Crippen molar-refractivity contribution < 1.29 is 22.6 Å². The van der Waals surface area contributed by atoms with Gasteiger partial charge in [-0.2, -0.15) is 13.2 Å². The Kier molecular flexibility index (Phi) is 8.11. The first kappa shape index (κ1) is 19.7. The van der Waals surface area contributed by atoms with Crippen molar-refractivity contribution >= 4 is 0 Å². The first-order chi connectivity index (χ1) is 8.97. The summed E-state index contributed by atoms with van der Waals surface area (Å²) in [5.74, 6) is 0. The van der Waals surface area contributed by atoms with E-state index >= 15 is 0 Å². The summed E-state index contributed by atoms with van der Waals surface area (Å²) in [6, 6.07) is 0. The second-order valence-corrected chi connectivity index (χ2v) is 6.39. The van der Waals surface area contributed by atoms with E-state index in [1.54, 1.807) is 0 Å². The molecule has 5 heteroatoms. The summed E-state index contributed by atoms with van der Waals surface area (Å²) in [7, 11) is 0. The number of rotatable bonds is 10. The highest BCUT2D eigenvalue weighted by Gasteiger charge is 2.28. The van der Waals surface area contributed by atoms with Crippen LogP contribution in [0.1, 0.15) is 66.7 Å². The van der Waals surface area contributed by atoms with E-state index < -0.39 is 18.2 Å². The molecule has 122 valence electrons. The summed E-state index contributed by atoms with van der Waals surface area (Å²) < 4.78 is 47.1. The second-order valence-electron chi connectivity index (χ2n) is 6.39. The minimum Gasteiger partial charge on any atom is -0.376 e. The van der Waals surface area contributed by atoms with Crippen LogP contribution in [0, 0.1) is 0 Å². The van der Waals surface area contributed by atoms with Gasteiger partial charge in [0.2, 0.25) is 0 Å². The van der Waals surface area contributed by atoms with Crippen LogP contribution in [0.15, 0.2) is 0 Å². The van der Waals surface area contributed by atoms with Crippen LogP contribution in [0.5, 0.6) is 0 Å². The molecule has 0 aliphatic heterocycles. The van der Waals surface area contributed by atoms with E-state index in [4.69, 9.17) is 9.47 Å². The summed E-state index contributed by atoms with van der Waals surface area (Å²) in [5.41, 5.74) is -0.607. The quantitative estimate of drug-likeness (QED) is 0.522. The van der Waals surface area contributed by atoms with Crippen LogP contribution in [-0.4, -0.2) is 30.6 Å². The van der Waals surface area contributed by atoms with Crippen LogP contribution >= 0.6 is 0 Å². The third-order valence-corrected chi connectivity index (χ3v) is 3.40. The van der Waals surface area contributed by atoms with Gasteiger partial charge >= 0.3 is 6.18 Å². The number of halogens is 3. The van der Waals surface area contributed by atoms with Gasteiger partial charge in [0.1, 0.15) is 0 Å². The minimum atomic E-state index is -4.14. The number of hydrogen-bond donors (Lipinski definition) is 0. The van der Waals surface area contributed by atoms with Crippen LogP contribution in [0.2, 0.25) is 0 Å². The predicted octanol–water partition coefficient (Wildman–Crippen LogP) is 5.11. The van der Waals surface area contributed by atoms with Crippen molar-refractivity contribution in [2.24, 2.45) is 0 Å². The van der Waals surface area contributed by atoms with Gasteiger partial charge in [-0.25, -0.2) is 0 Å². The molecular weight excluding hydrogens is 269 g/mol. The minimum absolute atomic E-state index is 0.0985. The molecule has 0 saturated carbocycles. The maximum atomic E-state index is 12.0. The zero-order chi connectivity index (χ0) is 15.9. The fraction of sp³-hybridized carbons (Fsp3) is 1.00. The smallest absolute Gasteiger partial charge is 0.376 e. The molecule has 0 aliphatic carbocycles. The Balaban J connectivity index is 3.72. The summed E-state index contributed by atoms with van der Waals surface area (Å²) in [5, 5.41) is 0. The van der Waals surface area contributed by atoms with Gasteiger partial charge < -0.3 is 9.47 Å². The first-order valence-electron chi connectivity index (χ1n) is 7.32. The molecule has 0 fully saturated rings. The van der Waals surface area contributed by atoms with Crippen molar-refractivity contribution in [2.45, 2.75) is 84.1 Å². The lowest BCUT2D eigenvalue weighted by Gasteiger charge is -2.26. The van der Waals surface area contributed by atoms with Gasteiger partial charge in [0.05, 0.1) is 24.2 Å². The molecule has 0 aromatic carbocycles. The average molecular weight is 298 g/mol. The molecule has 0 amide bonds. The van der Waals surface area contributed by atoms with E-state index in [2.05, 4.69) is 20.8 Å². The fourth-order valence-corrected chi connectivity index (χ4v) is 1.62. The van der Waals surface area contributed by atoms with E-state index in [1.807, 2.05) is 13.8 Å². The Morgan fingerprint density at radius 1 is 0.750 bits per heavy atom. The third kappa shape index (κ3) is 11.5. The van der Waals surface area contributed by atoms with E-state index in [-0.39, 0.29) is 12.2 Å². The van der Waals surface area contributed by atoms with Gasteiger partial charge in [-0.15, -0.1) is 0 Å². The molecule has 0 bridgehead atoms. The molecule has 0 unspecified atom stereocenters. The Bertz CT molecular complexity index is 260. The van der Waals surface area contributed by atoms with E-state index in [1.165, 1.54) is 0 Å². The highest BCUT2D eigenvalue weighted by molar-refractivity contribution is 4.70. The number of alkyl halides is 3. The summed E-state index contributed by atoms with van der Waals surface area (Å²) >= 11 is 0. The molecule has 0 N–H and O–H groups in total. The molecule has 0 saturated heterocycles. The lowest BCUT2D eigenvalue weighted by Crippen LogP contribution is -2.27. The highest BCUT2D eigenvalue weighted by atomic mass is 19.4. The number of unbranched alkanes of at least 4 members (excludes halogenated alkanes) is 1. The zero-order valence-corrected chi connectivity index (χ0v) is 13.4. The maximum Gasteiger partial charge on any atom is 0.391 e. The molecule has 0 aromatic rings. The van der Waals surface area contributed by atoms with Gasteiger partial charge in [-0.1, -0.05) is 6.92 Å². The highest BCUT2D eigenvalue weighted by Crippen LogP contribution is 2.23. The largest absolute Gasteiger partial charge is 0.391 e. The van der Waals surface area contributed by atoms with Crippen molar-refractivity contribution in [2.75, 3.05) is 13.2 Å². The van der Waals surface area contributed by atoms with Crippen LogP contribution < -0.4 is 0 Å². The van der Waals surface area contributed by atoms with Gasteiger partial charge in [0.25, 0.3) is 0 Å². The van der Waals surface area contributed by atoms with E-state index in [9.17, 15) is 13.2 Å². The van der Waals surface area contributed by atoms with Crippen LogP contribution in [0.4, 0.5) is 13.2 Å². The molecule has 0 spiro atoms. The Morgan fingerprint density at radius 2 is 1.30 bits per heavy atom. The maximum absolute atomic E-state index is 12.0. The fourth-order valence-electron chi connectivity index (χ4n) is 1.62. The summed E-state index contributed by atoms with van der Waals surface area (Å²) in [6.07, 6.45) is -1.55. The van der Waals surface area contributed by atoms with Gasteiger partial charge in [0.15, 0.2) is 0 Å². The standard InChI is InChI=1S/C15H29F3O2/c1-6-13(2,3)19-11-8-7-9-14(4,5)20-12-10-15(16,17)18/h6-12H2,1-5H3. The predicted molar refractivity (Wildman–Crippen MR) is 74.9 cm³/mol. The normalized spacial score (nSPS) is 13.8. The average Bonchev–Trinajstić information content (AvgIpc) is 2.26. The van der Waals surface area contributed by atoms with Crippen molar-refractivity contribution in [3.8, 4) is 0 Å². The number of hydrogen-bond acceptors (Lipinski definition) is 2. The lowest BCUT2D eigenvalue weighted by molar-refractivity contribution is -0.156. The van der Waals surface area contributed by atoms with Gasteiger partial charge in [0, 0.05) is 6.61 Å². The molecule has 0 aromatic heterocycles. The third-order valence-electron chi connectivity index (χ3n) is 3.40. The van der Waals surface area contributed by atoms with Crippen LogP contribution in [-0.2, 0) is 9.47 Å². The monoisotopic (exact) mass is 298 g/mol. The van der Waals surface area contributed by atoms with Crippen LogP contribution in [0.3, 0.4) is 0 Å². The molecule has 0 aliphatic rings. The van der Waals surface area contributed by atoms with Crippen molar-refractivity contribution in [3.05, 3.63) is 0 Å². The Morgan fingerprint density at radius 3 is 1.80 bits per heavy atom. The second kappa shape index (κ2) is 8.23. The van der Waals surface area contributed by atoms with Crippen LogP contribution in [0.25, 0.3) is 0 Å². The van der Waals surface area contributed by atoms with Gasteiger partial charge in [-0.3, -0.25) is 0 Å². The van der Waals surface area contributed by atoms with Crippen molar-refractivity contribution in [3.63, 3.8) is 0 Å². The summed E-state index contributed by atoms with van der Waals surface area (Å²) in [6.45, 7) is 10.3. The molecule has 2 nitrogen and oxygen atoms in total. The SMILES string of the molecule is CCC(C)(C)OCCCCC(C)(C)OCCC(F)(F)F. The molecule has 0 rings (SSSR count). The van der Waals surface area contributed by atoms with Crippen molar-refractivity contribution in [1.82, 2.24) is 0 Å². The van der Waals surface area contributed by atoms with E-state index in [0.717, 1.165) is 25.7 Å².